The van der Waals surface area contributed by atoms with Gasteiger partial charge in [0.25, 0.3) is 5.91 Å². The Labute approximate surface area is 119 Å². The summed E-state index contributed by atoms with van der Waals surface area (Å²) in [5.41, 5.74) is 5.92. The smallest absolute Gasteiger partial charge is 0.277 e. The van der Waals surface area contributed by atoms with Crippen LogP contribution in [0.3, 0.4) is 0 Å². The van der Waals surface area contributed by atoms with Crippen molar-refractivity contribution >= 4 is 29.3 Å². The first kappa shape index (κ1) is 14.1. The zero-order valence-corrected chi connectivity index (χ0v) is 11.6. The van der Waals surface area contributed by atoms with E-state index in [1.165, 1.54) is 11.8 Å². The van der Waals surface area contributed by atoms with Gasteiger partial charge in [-0.05, 0) is 19.1 Å². The number of aryl methyl sites for hydroxylation is 1. The van der Waals surface area contributed by atoms with Gasteiger partial charge in [0, 0.05) is 11.0 Å². The van der Waals surface area contributed by atoms with Crippen LogP contribution in [0.5, 0.6) is 0 Å². The number of nitrogens with one attached hydrogen (secondary N) is 1. The van der Waals surface area contributed by atoms with Crippen molar-refractivity contribution in [2.24, 2.45) is 5.73 Å². The van der Waals surface area contributed by atoms with Gasteiger partial charge in [0.2, 0.25) is 5.91 Å². The molecule has 0 aliphatic carbocycles. The number of benzene rings is 1. The van der Waals surface area contributed by atoms with Gasteiger partial charge in [-0.1, -0.05) is 17.3 Å². The standard InChI is InChI=1S/C13H13N3O3S/c1-8-6-10(16-19-8)13(18)15-9-4-2-3-5-11(9)20-7-12(14)17/h2-6H,7H2,1H3,(H2,14,17)(H,15,18). The molecule has 104 valence electrons. The molecule has 6 nitrogen and oxygen atoms in total. The molecule has 0 radical (unpaired) electrons. The fraction of sp³-hybridized carbons (Fsp3) is 0.154. The van der Waals surface area contributed by atoms with Gasteiger partial charge in [-0.3, -0.25) is 9.59 Å². The number of primary amides is 1. The summed E-state index contributed by atoms with van der Waals surface area (Å²) in [7, 11) is 0. The number of nitrogens with two attached hydrogens (primary N) is 1. The second kappa shape index (κ2) is 6.25. The maximum Gasteiger partial charge on any atom is 0.277 e. The average Bonchev–Trinajstić information content (AvgIpc) is 2.84. The molecule has 0 aliphatic heterocycles. The summed E-state index contributed by atoms with van der Waals surface area (Å²) < 4.78 is 4.86. The molecule has 0 fully saturated rings. The third-order valence-corrected chi connectivity index (χ3v) is 3.46. The highest BCUT2D eigenvalue weighted by Crippen LogP contribution is 2.27. The first-order valence-electron chi connectivity index (χ1n) is 5.81. The van der Waals surface area contributed by atoms with Crippen molar-refractivity contribution in [3.05, 3.63) is 41.8 Å². The molecule has 0 atom stereocenters. The van der Waals surface area contributed by atoms with Gasteiger partial charge in [0.05, 0.1) is 11.4 Å². The minimum absolute atomic E-state index is 0.149. The van der Waals surface area contributed by atoms with Crippen molar-refractivity contribution in [1.82, 2.24) is 5.16 Å². The minimum atomic E-state index is -0.414. The Balaban J connectivity index is 2.12. The Morgan fingerprint density at radius 2 is 2.15 bits per heavy atom. The van der Waals surface area contributed by atoms with E-state index in [0.29, 0.717) is 11.4 Å². The van der Waals surface area contributed by atoms with E-state index in [9.17, 15) is 9.59 Å². The third-order valence-electron chi connectivity index (χ3n) is 2.37. The average molecular weight is 291 g/mol. The fourth-order valence-electron chi connectivity index (χ4n) is 1.50. The largest absolute Gasteiger partial charge is 0.369 e. The molecule has 20 heavy (non-hydrogen) atoms. The maximum atomic E-state index is 12.0. The molecule has 2 rings (SSSR count). The molecule has 0 saturated carbocycles. The lowest BCUT2D eigenvalue weighted by molar-refractivity contribution is -0.115. The molecule has 1 heterocycles. The molecule has 2 aromatic rings. The van der Waals surface area contributed by atoms with Crippen molar-refractivity contribution in [1.29, 1.82) is 0 Å². The first-order valence-corrected chi connectivity index (χ1v) is 6.79. The molecule has 2 amide bonds. The zero-order chi connectivity index (χ0) is 14.5. The Morgan fingerprint density at radius 1 is 1.40 bits per heavy atom. The van der Waals surface area contributed by atoms with Crippen LogP contribution in [0.15, 0.2) is 39.8 Å². The number of rotatable bonds is 5. The van der Waals surface area contributed by atoms with Gasteiger partial charge in [0.15, 0.2) is 5.69 Å². The molecule has 0 spiro atoms. The van der Waals surface area contributed by atoms with Crippen LogP contribution in [-0.4, -0.2) is 22.7 Å². The first-order chi connectivity index (χ1) is 9.56. The summed E-state index contributed by atoms with van der Waals surface area (Å²) in [6, 6.07) is 8.71. The minimum Gasteiger partial charge on any atom is -0.369 e. The normalized spacial score (nSPS) is 10.2. The van der Waals surface area contributed by atoms with E-state index in [1.807, 2.05) is 6.07 Å². The van der Waals surface area contributed by atoms with E-state index < -0.39 is 5.91 Å². The lowest BCUT2D eigenvalue weighted by atomic mass is 10.3. The lowest BCUT2D eigenvalue weighted by Gasteiger charge is -2.08. The number of nitrogens with zero attached hydrogens (tertiary/aromatic N) is 1. The predicted octanol–water partition coefficient (Wildman–Crippen LogP) is 1.81. The summed E-state index contributed by atoms with van der Waals surface area (Å²) in [5, 5.41) is 6.38. The molecule has 0 aliphatic rings. The van der Waals surface area contributed by atoms with Crippen molar-refractivity contribution in [3.8, 4) is 0 Å². The van der Waals surface area contributed by atoms with Crippen LogP contribution in [0.25, 0.3) is 0 Å². The van der Waals surface area contributed by atoms with E-state index in [2.05, 4.69) is 10.5 Å². The van der Waals surface area contributed by atoms with Crippen LogP contribution in [0.4, 0.5) is 5.69 Å². The second-order valence-corrected chi connectivity index (χ2v) is 5.05. The molecule has 1 aromatic carbocycles. The molecule has 0 unspecified atom stereocenters. The number of aromatic nitrogens is 1. The number of amides is 2. The van der Waals surface area contributed by atoms with E-state index >= 15 is 0 Å². The summed E-state index contributed by atoms with van der Waals surface area (Å²) in [6.07, 6.45) is 0. The summed E-state index contributed by atoms with van der Waals surface area (Å²) >= 11 is 1.26. The number of carbonyl (C=O) groups is 2. The van der Waals surface area contributed by atoms with Crippen LogP contribution in [0.1, 0.15) is 16.2 Å². The van der Waals surface area contributed by atoms with Crippen LogP contribution < -0.4 is 11.1 Å². The highest BCUT2D eigenvalue weighted by atomic mass is 32.2. The Morgan fingerprint density at radius 3 is 2.80 bits per heavy atom. The van der Waals surface area contributed by atoms with E-state index in [4.69, 9.17) is 10.3 Å². The number of anilines is 1. The highest BCUT2D eigenvalue weighted by Gasteiger charge is 2.13. The van der Waals surface area contributed by atoms with Crippen LogP contribution in [0.2, 0.25) is 0 Å². The van der Waals surface area contributed by atoms with Crippen molar-refractivity contribution in [2.75, 3.05) is 11.1 Å². The number of hydrogen-bond donors (Lipinski definition) is 2. The van der Waals surface area contributed by atoms with Crippen LogP contribution in [0, 0.1) is 6.92 Å². The SMILES string of the molecule is Cc1cc(C(=O)Nc2ccccc2SCC(N)=O)no1. The summed E-state index contributed by atoms with van der Waals surface area (Å²) in [6.45, 7) is 1.71. The number of carbonyl (C=O) groups excluding carboxylic acids is 2. The lowest BCUT2D eigenvalue weighted by Crippen LogP contribution is -2.15. The topological polar surface area (TPSA) is 98.2 Å². The molecule has 3 N–H and O–H groups in total. The zero-order valence-electron chi connectivity index (χ0n) is 10.8. The number of para-hydroxylation sites is 1. The van der Waals surface area contributed by atoms with Crippen molar-refractivity contribution in [2.45, 2.75) is 11.8 Å². The van der Waals surface area contributed by atoms with E-state index in [0.717, 1.165) is 4.90 Å². The predicted molar refractivity (Wildman–Crippen MR) is 75.6 cm³/mol. The molecule has 0 bridgehead atoms. The fourth-order valence-corrected chi connectivity index (χ4v) is 2.25. The summed E-state index contributed by atoms with van der Waals surface area (Å²) in [5.74, 6) is -0.0700. The third kappa shape index (κ3) is 3.61. The quantitative estimate of drug-likeness (QED) is 0.819. The van der Waals surface area contributed by atoms with Gasteiger partial charge in [-0.25, -0.2) is 0 Å². The molecule has 1 aromatic heterocycles. The Hall–Kier alpha value is -2.28. The number of thioether (sulfide) groups is 1. The van der Waals surface area contributed by atoms with E-state index in [1.54, 1.807) is 31.2 Å². The molecule has 0 saturated heterocycles. The van der Waals surface area contributed by atoms with E-state index in [-0.39, 0.29) is 17.4 Å². The van der Waals surface area contributed by atoms with Gasteiger partial charge < -0.3 is 15.6 Å². The van der Waals surface area contributed by atoms with Gasteiger partial charge >= 0.3 is 0 Å². The van der Waals surface area contributed by atoms with Gasteiger partial charge in [0.1, 0.15) is 5.76 Å². The Kier molecular flexibility index (Phi) is 4.41. The molecular formula is C13H13N3O3S. The van der Waals surface area contributed by atoms with Gasteiger partial charge in [-0.15, -0.1) is 11.8 Å². The highest BCUT2D eigenvalue weighted by molar-refractivity contribution is 8.00. The molecular weight excluding hydrogens is 278 g/mol. The molecule has 7 heteroatoms. The van der Waals surface area contributed by atoms with Crippen molar-refractivity contribution < 1.29 is 14.1 Å². The second-order valence-electron chi connectivity index (χ2n) is 4.03. The van der Waals surface area contributed by atoms with Crippen LogP contribution >= 0.6 is 11.8 Å². The summed E-state index contributed by atoms with van der Waals surface area (Å²) in [4.78, 5) is 23.6. The monoisotopic (exact) mass is 291 g/mol. The van der Waals surface area contributed by atoms with Crippen molar-refractivity contribution in [3.63, 3.8) is 0 Å². The van der Waals surface area contributed by atoms with Gasteiger partial charge in [-0.2, -0.15) is 0 Å². The maximum absolute atomic E-state index is 12.0. The van der Waals surface area contributed by atoms with Crippen LogP contribution in [-0.2, 0) is 4.79 Å². The number of hydrogen-bond acceptors (Lipinski definition) is 5. The Bertz CT molecular complexity index is 639.